The van der Waals surface area contributed by atoms with Crippen molar-refractivity contribution in [3.63, 3.8) is 0 Å². The number of ether oxygens (including phenoxy) is 1. The number of rotatable bonds is 2. The molecule has 8 heteroatoms. The molecule has 0 radical (unpaired) electrons. The van der Waals surface area contributed by atoms with Crippen molar-refractivity contribution in [2.45, 2.75) is 38.8 Å². The lowest BCUT2D eigenvalue weighted by Crippen LogP contribution is -2.54. The van der Waals surface area contributed by atoms with E-state index < -0.39 is 11.6 Å². The summed E-state index contributed by atoms with van der Waals surface area (Å²) < 4.78 is 6.45. The van der Waals surface area contributed by atoms with Crippen LogP contribution in [0, 0.1) is 3.57 Å². The molecular weight excluding hydrogens is 461 g/mol. The van der Waals surface area contributed by atoms with E-state index in [9.17, 15) is 14.4 Å². The summed E-state index contributed by atoms with van der Waals surface area (Å²) in [6, 6.07) is 6.88. The molecule has 0 N–H and O–H groups in total. The number of anilines is 1. The minimum atomic E-state index is -0.532. The Bertz CT molecular complexity index is 736. The SMILES string of the molecule is CC(C)(C)OC(=O)N1CCN([C@H]2CC(=O)N(c3ccc(I)cc3)C2=O)CC1. The number of amides is 3. The molecule has 1 aromatic rings. The lowest BCUT2D eigenvalue weighted by Gasteiger charge is -2.37. The smallest absolute Gasteiger partial charge is 0.410 e. The number of carbonyl (C=O) groups is 3. The molecule has 3 rings (SSSR count). The van der Waals surface area contributed by atoms with Crippen LogP contribution in [0.3, 0.4) is 0 Å². The lowest BCUT2D eigenvalue weighted by molar-refractivity contribution is -0.123. The Morgan fingerprint density at radius 3 is 2.22 bits per heavy atom. The van der Waals surface area contributed by atoms with Crippen LogP contribution in [0.2, 0.25) is 0 Å². The third-order valence-corrected chi connectivity index (χ3v) is 5.33. The van der Waals surface area contributed by atoms with Crippen molar-refractivity contribution in [3.05, 3.63) is 27.8 Å². The summed E-state index contributed by atoms with van der Waals surface area (Å²) in [4.78, 5) is 42.4. The Labute approximate surface area is 172 Å². The van der Waals surface area contributed by atoms with Crippen molar-refractivity contribution in [2.75, 3.05) is 31.1 Å². The first kappa shape index (κ1) is 20.1. The maximum Gasteiger partial charge on any atom is 0.410 e. The summed E-state index contributed by atoms with van der Waals surface area (Å²) in [7, 11) is 0. The molecule has 0 unspecified atom stereocenters. The van der Waals surface area contributed by atoms with Crippen molar-refractivity contribution < 1.29 is 19.1 Å². The lowest BCUT2D eigenvalue weighted by atomic mass is 10.1. The number of hydrogen-bond donors (Lipinski definition) is 0. The van der Waals surface area contributed by atoms with Gasteiger partial charge in [-0.05, 0) is 67.6 Å². The normalized spacial score (nSPS) is 21.7. The molecular formula is C19H24IN3O4. The predicted octanol–water partition coefficient (Wildman–Crippen LogP) is 2.48. The summed E-state index contributed by atoms with van der Waals surface area (Å²) in [5.41, 5.74) is 0.0797. The number of benzene rings is 1. The highest BCUT2D eigenvalue weighted by atomic mass is 127. The van der Waals surface area contributed by atoms with E-state index in [0.717, 1.165) is 3.57 Å². The molecule has 2 heterocycles. The fourth-order valence-corrected chi connectivity index (χ4v) is 3.66. The average Bonchev–Trinajstić information content (AvgIpc) is 2.89. The molecule has 146 valence electrons. The second-order valence-corrected chi connectivity index (χ2v) is 9.01. The molecule has 0 spiro atoms. The maximum atomic E-state index is 12.9. The summed E-state index contributed by atoms with van der Waals surface area (Å²) in [6.45, 7) is 7.56. The van der Waals surface area contributed by atoms with E-state index in [0.29, 0.717) is 31.9 Å². The van der Waals surface area contributed by atoms with Gasteiger partial charge >= 0.3 is 6.09 Å². The summed E-state index contributed by atoms with van der Waals surface area (Å²) in [5.74, 6) is -0.368. The Kier molecular flexibility index (Phi) is 5.76. The van der Waals surface area contributed by atoms with Gasteiger partial charge in [-0.3, -0.25) is 14.5 Å². The molecule has 3 amide bonds. The fraction of sp³-hybridized carbons (Fsp3) is 0.526. The molecule has 7 nitrogen and oxygen atoms in total. The van der Waals surface area contributed by atoms with Crippen molar-refractivity contribution in [2.24, 2.45) is 0 Å². The Hall–Kier alpha value is -1.68. The minimum absolute atomic E-state index is 0.178. The third-order valence-electron chi connectivity index (χ3n) is 4.61. The van der Waals surface area contributed by atoms with Crippen molar-refractivity contribution in [3.8, 4) is 0 Å². The van der Waals surface area contributed by atoms with Gasteiger partial charge in [0.05, 0.1) is 18.2 Å². The highest BCUT2D eigenvalue weighted by Gasteiger charge is 2.43. The number of imide groups is 1. The van der Waals surface area contributed by atoms with Crippen LogP contribution in [0.5, 0.6) is 0 Å². The highest BCUT2D eigenvalue weighted by molar-refractivity contribution is 14.1. The van der Waals surface area contributed by atoms with Crippen LogP contribution in [0.15, 0.2) is 24.3 Å². The van der Waals surface area contributed by atoms with E-state index >= 15 is 0 Å². The third kappa shape index (κ3) is 4.60. The largest absolute Gasteiger partial charge is 0.444 e. The second-order valence-electron chi connectivity index (χ2n) is 7.77. The molecule has 0 bridgehead atoms. The molecule has 2 aliphatic rings. The van der Waals surface area contributed by atoms with E-state index in [-0.39, 0.29) is 24.3 Å². The van der Waals surface area contributed by atoms with Crippen LogP contribution < -0.4 is 4.90 Å². The predicted molar refractivity (Wildman–Crippen MR) is 109 cm³/mol. The summed E-state index contributed by atoms with van der Waals surface area (Å²) >= 11 is 2.19. The fourth-order valence-electron chi connectivity index (χ4n) is 3.31. The molecule has 0 aromatic heterocycles. The highest BCUT2D eigenvalue weighted by Crippen LogP contribution is 2.27. The van der Waals surface area contributed by atoms with Gasteiger partial charge in [-0.2, -0.15) is 0 Å². The molecule has 2 fully saturated rings. The molecule has 1 atom stereocenters. The van der Waals surface area contributed by atoms with Crippen LogP contribution in [0.4, 0.5) is 10.5 Å². The van der Waals surface area contributed by atoms with Gasteiger partial charge in [0, 0.05) is 29.7 Å². The van der Waals surface area contributed by atoms with E-state index in [2.05, 4.69) is 22.6 Å². The first-order valence-corrected chi connectivity index (χ1v) is 10.1. The minimum Gasteiger partial charge on any atom is -0.444 e. The molecule has 27 heavy (non-hydrogen) atoms. The Morgan fingerprint density at radius 2 is 1.67 bits per heavy atom. The van der Waals surface area contributed by atoms with Gasteiger partial charge in [0.1, 0.15) is 5.60 Å². The van der Waals surface area contributed by atoms with Gasteiger partial charge in [0.15, 0.2) is 0 Å². The zero-order chi connectivity index (χ0) is 19.8. The van der Waals surface area contributed by atoms with Crippen molar-refractivity contribution in [1.82, 2.24) is 9.80 Å². The van der Waals surface area contributed by atoms with Crippen LogP contribution >= 0.6 is 22.6 Å². The van der Waals surface area contributed by atoms with E-state index in [1.54, 1.807) is 17.0 Å². The van der Waals surface area contributed by atoms with E-state index in [1.165, 1.54) is 4.90 Å². The van der Waals surface area contributed by atoms with Gasteiger partial charge in [-0.15, -0.1) is 0 Å². The van der Waals surface area contributed by atoms with Gasteiger partial charge in [-0.25, -0.2) is 9.69 Å². The number of piperazine rings is 1. The van der Waals surface area contributed by atoms with Crippen LogP contribution in [0.1, 0.15) is 27.2 Å². The summed E-state index contributed by atoms with van der Waals surface area (Å²) in [5, 5.41) is 0. The standard InChI is InChI=1S/C19H24IN3O4/c1-19(2,3)27-18(26)22-10-8-21(9-11-22)15-12-16(24)23(17(15)25)14-6-4-13(20)5-7-14/h4-7,15H,8-12H2,1-3H3/t15-/m0/s1. The molecule has 0 saturated carbocycles. The van der Waals surface area contributed by atoms with Gasteiger partial charge < -0.3 is 9.64 Å². The zero-order valence-electron chi connectivity index (χ0n) is 15.8. The summed E-state index contributed by atoms with van der Waals surface area (Å²) in [6.07, 6.45) is -0.159. The van der Waals surface area contributed by atoms with Crippen molar-refractivity contribution in [1.29, 1.82) is 0 Å². The molecule has 0 aliphatic carbocycles. The molecule has 1 aromatic carbocycles. The monoisotopic (exact) mass is 485 g/mol. The number of hydrogen-bond acceptors (Lipinski definition) is 5. The van der Waals surface area contributed by atoms with Crippen LogP contribution in [-0.2, 0) is 14.3 Å². The van der Waals surface area contributed by atoms with Crippen LogP contribution in [0.25, 0.3) is 0 Å². The second kappa shape index (κ2) is 7.75. The van der Waals surface area contributed by atoms with Gasteiger partial charge in [0.25, 0.3) is 5.91 Å². The van der Waals surface area contributed by atoms with Gasteiger partial charge in [0.2, 0.25) is 5.91 Å². The number of halogens is 1. The van der Waals surface area contributed by atoms with Gasteiger partial charge in [-0.1, -0.05) is 0 Å². The molecule has 2 aliphatic heterocycles. The Morgan fingerprint density at radius 1 is 1.07 bits per heavy atom. The van der Waals surface area contributed by atoms with E-state index in [1.807, 2.05) is 37.8 Å². The zero-order valence-corrected chi connectivity index (χ0v) is 17.9. The first-order valence-electron chi connectivity index (χ1n) is 9.00. The Balaban J connectivity index is 1.62. The average molecular weight is 485 g/mol. The number of carbonyl (C=O) groups excluding carboxylic acids is 3. The van der Waals surface area contributed by atoms with Crippen LogP contribution in [-0.4, -0.2) is 65.5 Å². The maximum absolute atomic E-state index is 12.9. The van der Waals surface area contributed by atoms with E-state index in [4.69, 9.17) is 4.74 Å². The topological polar surface area (TPSA) is 70.2 Å². The number of nitrogens with zero attached hydrogens (tertiary/aromatic N) is 3. The quantitative estimate of drug-likeness (QED) is 0.476. The first-order chi connectivity index (χ1) is 12.7. The van der Waals surface area contributed by atoms with Crippen molar-refractivity contribution >= 4 is 46.2 Å². The molecule has 2 saturated heterocycles.